The van der Waals surface area contributed by atoms with Crippen LogP contribution in [0.25, 0.3) is 0 Å². The Labute approximate surface area is 165 Å². The molecule has 0 amide bonds. The maximum absolute atomic E-state index is 12.6. The molecule has 1 aliphatic carbocycles. The molecule has 0 radical (unpaired) electrons. The molecule has 1 fully saturated rings. The second-order valence-electron chi connectivity index (χ2n) is 7.89. The van der Waals surface area contributed by atoms with Crippen LogP contribution in [0.1, 0.15) is 31.9 Å². The number of aliphatic hydroxyl groups excluding tert-OH is 1. The van der Waals surface area contributed by atoms with Crippen molar-refractivity contribution in [1.82, 2.24) is 9.97 Å². The number of carbonyl (C=O) groups is 1. The molecule has 7 nitrogen and oxygen atoms in total. The highest BCUT2D eigenvalue weighted by molar-refractivity contribution is 6.09. The topological polar surface area (TPSA) is 98.9 Å². The van der Waals surface area contributed by atoms with Crippen LogP contribution >= 0.6 is 0 Å². The first kappa shape index (κ1) is 20.0. The van der Waals surface area contributed by atoms with Gasteiger partial charge < -0.3 is 15.1 Å². The zero-order chi connectivity index (χ0) is 21.0. The summed E-state index contributed by atoms with van der Waals surface area (Å²) in [4.78, 5) is 25.7. The van der Waals surface area contributed by atoms with E-state index in [9.17, 15) is 28.2 Å². The first-order valence-electron chi connectivity index (χ1n) is 9.43. The Bertz CT molecular complexity index is 885. The Kier molecular flexibility index (Phi) is 4.73. The summed E-state index contributed by atoms with van der Waals surface area (Å²) in [6.07, 6.45) is -2.70. The average Bonchev–Trinajstić information content (AvgIpc) is 3.11. The molecule has 0 saturated carbocycles. The fraction of sp³-hybridized carbons (Fsp3) is 0.579. The lowest BCUT2D eigenvalue weighted by molar-refractivity contribution is -0.141. The summed E-state index contributed by atoms with van der Waals surface area (Å²) < 4.78 is 37.9. The molecule has 2 aliphatic heterocycles. The molecule has 156 valence electrons. The maximum atomic E-state index is 12.6. The number of ketones is 1. The van der Waals surface area contributed by atoms with E-state index in [1.807, 2.05) is 4.90 Å². The van der Waals surface area contributed by atoms with Crippen LogP contribution in [0.2, 0.25) is 0 Å². The van der Waals surface area contributed by atoms with Gasteiger partial charge in [-0.2, -0.15) is 13.2 Å². The predicted molar refractivity (Wildman–Crippen MR) is 97.6 cm³/mol. The molecule has 2 N–H and O–H groups in total. The Morgan fingerprint density at radius 1 is 1.21 bits per heavy atom. The van der Waals surface area contributed by atoms with Gasteiger partial charge in [0.05, 0.1) is 18.9 Å². The van der Waals surface area contributed by atoms with Gasteiger partial charge >= 0.3 is 6.18 Å². The van der Waals surface area contributed by atoms with Crippen molar-refractivity contribution >= 4 is 17.3 Å². The number of hydrogen-bond donors (Lipinski definition) is 2. The van der Waals surface area contributed by atoms with Gasteiger partial charge in [-0.25, -0.2) is 9.97 Å². The summed E-state index contributed by atoms with van der Waals surface area (Å²) in [7, 11) is 0. The molecular weight excluding hydrogens is 389 g/mol. The second kappa shape index (κ2) is 6.88. The lowest BCUT2D eigenvalue weighted by atomic mass is 9.73. The Morgan fingerprint density at radius 3 is 2.48 bits per heavy atom. The van der Waals surface area contributed by atoms with Crippen LogP contribution in [0.4, 0.5) is 19.0 Å². The third-order valence-electron chi connectivity index (χ3n) is 5.92. The summed E-state index contributed by atoms with van der Waals surface area (Å²) in [5, 5.41) is 20.9. The second-order valence-corrected chi connectivity index (χ2v) is 7.89. The molecule has 2 atom stereocenters. The van der Waals surface area contributed by atoms with Crippen LogP contribution in [0, 0.1) is 5.92 Å². The van der Waals surface area contributed by atoms with Gasteiger partial charge in [-0.15, -0.1) is 0 Å². The van der Waals surface area contributed by atoms with E-state index in [0.717, 1.165) is 23.7 Å². The predicted octanol–water partition coefficient (Wildman–Crippen LogP) is 1.55. The van der Waals surface area contributed by atoms with Gasteiger partial charge in [-0.3, -0.25) is 9.79 Å². The minimum absolute atomic E-state index is 0.0352. The van der Waals surface area contributed by atoms with Gasteiger partial charge in [0.25, 0.3) is 0 Å². The van der Waals surface area contributed by atoms with Crippen molar-refractivity contribution < 1.29 is 28.2 Å². The summed E-state index contributed by atoms with van der Waals surface area (Å²) in [5.74, 6) is 0.0179. The average molecular weight is 410 g/mol. The van der Waals surface area contributed by atoms with E-state index >= 15 is 0 Å². The molecule has 3 aliphatic rings. The van der Waals surface area contributed by atoms with Crippen molar-refractivity contribution in [1.29, 1.82) is 0 Å². The molecular formula is C19H21F3N4O3. The first-order valence-corrected chi connectivity index (χ1v) is 9.43. The largest absolute Gasteiger partial charge is 0.434 e. The number of halogens is 3. The standard InChI is InChI=1S/C19H21F3N4O3/c1-18(29)15-11(6-12(27)17(18)28)7-25-16(15)10-2-4-26(5-3-10)14-9-23-13(8-24-14)19(20,21)22/h8-10,17,28-29H,2-7H2,1H3. The van der Waals surface area contributed by atoms with Crippen molar-refractivity contribution in [2.75, 3.05) is 24.5 Å². The zero-order valence-corrected chi connectivity index (χ0v) is 15.8. The van der Waals surface area contributed by atoms with Crippen LogP contribution in [0.3, 0.4) is 0 Å². The summed E-state index contributed by atoms with van der Waals surface area (Å²) >= 11 is 0. The number of Topliss-reactive ketones (excluding diaryl/α,β-unsaturated/α-hetero) is 1. The molecule has 0 bridgehead atoms. The van der Waals surface area contributed by atoms with E-state index in [0.29, 0.717) is 43.9 Å². The van der Waals surface area contributed by atoms with Gasteiger partial charge in [0.2, 0.25) is 0 Å². The molecule has 2 unspecified atom stereocenters. The number of rotatable bonds is 2. The highest BCUT2D eigenvalue weighted by atomic mass is 19.4. The first-order chi connectivity index (χ1) is 13.6. The molecule has 1 aromatic heterocycles. The smallest absolute Gasteiger partial charge is 0.382 e. The fourth-order valence-electron chi connectivity index (χ4n) is 4.38. The molecule has 0 aromatic carbocycles. The molecule has 3 heterocycles. The number of anilines is 1. The molecule has 1 saturated heterocycles. The Hall–Kier alpha value is -2.33. The molecule has 29 heavy (non-hydrogen) atoms. The molecule has 4 rings (SSSR count). The number of aliphatic imine (C=N–C) groups is 1. The molecule has 10 heteroatoms. The monoisotopic (exact) mass is 410 g/mol. The maximum Gasteiger partial charge on any atom is 0.434 e. The van der Waals surface area contributed by atoms with Crippen LogP contribution in [-0.4, -0.2) is 63.0 Å². The SMILES string of the molecule is CC1(O)C2=C(CN=C2C2CCN(c3cnc(C(F)(F)F)cn3)CC2)CC(=O)C1O. The third kappa shape index (κ3) is 3.44. The number of hydrogen-bond acceptors (Lipinski definition) is 7. The highest BCUT2D eigenvalue weighted by Crippen LogP contribution is 2.40. The lowest BCUT2D eigenvalue weighted by Crippen LogP contribution is -2.52. The van der Waals surface area contributed by atoms with E-state index in [1.165, 1.54) is 6.92 Å². The van der Waals surface area contributed by atoms with E-state index in [-0.39, 0.29) is 12.3 Å². The summed E-state index contributed by atoms with van der Waals surface area (Å²) in [6, 6.07) is 0. The van der Waals surface area contributed by atoms with E-state index in [4.69, 9.17) is 0 Å². The Morgan fingerprint density at radius 2 is 1.90 bits per heavy atom. The van der Waals surface area contributed by atoms with Crippen LogP contribution in [0.15, 0.2) is 28.5 Å². The van der Waals surface area contributed by atoms with Gasteiger partial charge in [0.1, 0.15) is 17.5 Å². The normalized spacial score (nSPS) is 28.6. The lowest BCUT2D eigenvalue weighted by Gasteiger charge is -2.38. The van der Waals surface area contributed by atoms with E-state index in [1.54, 1.807) is 0 Å². The number of alkyl halides is 3. The van der Waals surface area contributed by atoms with E-state index < -0.39 is 29.4 Å². The number of nitrogens with zero attached hydrogens (tertiary/aromatic N) is 4. The van der Waals surface area contributed by atoms with Gasteiger partial charge in [0, 0.05) is 36.7 Å². The zero-order valence-electron chi connectivity index (χ0n) is 15.8. The van der Waals surface area contributed by atoms with Crippen molar-refractivity contribution in [2.24, 2.45) is 10.9 Å². The summed E-state index contributed by atoms with van der Waals surface area (Å²) in [6.45, 7) is 2.90. The van der Waals surface area contributed by atoms with E-state index in [2.05, 4.69) is 15.0 Å². The van der Waals surface area contributed by atoms with Crippen LogP contribution < -0.4 is 4.90 Å². The van der Waals surface area contributed by atoms with Crippen LogP contribution in [0.5, 0.6) is 0 Å². The molecule has 0 spiro atoms. The van der Waals surface area contributed by atoms with Gasteiger partial charge in [-0.05, 0) is 25.3 Å². The van der Waals surface area contributed by atoms with Crippen LogP contribution in [-0.2, 0) is 11.0 Å². The fourth-order valence-corrected chi connectivity index (χ4v) is 4.38. The number of aromatic nitrogens is 2. The highest BCUT2D eigenvalue weighted by Gasteiger charge is 2.49. The number of piperidine rings is 1. The number of aliphatic hydroxyl groups is 2. The molecule has 1 aromatic rings. The van der Waals surface area contributed by atoms with Crippen molar-refractivity contribution in [2.45, 2.75) is 44.1 Å². The van der Waals surface area contributed by atoms with Gasteiger partial charge in [0.15, 0.2) is 11.5 Å². The summed E-state index contributed by atoms with van der Waals surface area (Å²) in [5.41, 5.74) is -0.609. The quantitative estimate of drug-likeness (QED) is 0.768. The minimum Gasteiger partial charge on any atom is -0.382 e. The Balaban J connectivity index is 1.46. The van der Waals surface area contributed by atoms with Crippen molar-refractivity contribution in [3.8, 4) is 0 Å². The minimum atomic E-state index is -4.52. The number of carbonyl (C=O) groups excluding carboxylic acids is 1. The van der Waals surface area contributed by atoms with Crippen molar-refractivity contribution in [3.63, 3.8) is 0 Å². The van der Waals surface area contributed by atoms with Gasteiger partial charge in [-0.1, -0.05) is 0 Å². The third-order valence-corrected chi connectivity index (χ3v) is 5.92. The van der Waals surface area contributed by atoms with Crippen molar-refractivity contribution in [3.05, 3.63) is 29.2 Å².